The van der Waals surface area contributed by atoms with Crippen LogP contribution >= 0.6 is 12.6 Å². The molecule has 0 spiro atoms. The standard InChI is InChI=1S/C14H19FN2OS/c1-16-6-5-10(8-16)9-17(2)14(18)11-3-4-12(15)13(19)7-11/h3-4,7,10,19H,5-6,8-9H2,1-2H3. The summed E-state index contributed by atoms with van der Waals surface area (Å²) >= 11 is 4.01. The Morgan fingerprint density at radius 1 is 1.58 bits per heavy atom. The molecule has 104 valence electrons. The molecule has 0 saturated carbocycles. The molecule has 0 N–H and O–H groups in total. The number of rotatable bonds is 3. The van der Waals surface area contributed by atoms with Crippen molar-refractivity contribution in [2.45, 2.75) is 11.3 Å². The van der Waals surface area contributed by atoms with Gasteiger partial charge in [0, 0.05) is 30.6 Å². The lowest BCUT2D eigenvalue weighted by molar-refractivity contribution is 0.0773. The van der Waals surface area contributed by atoms with Crippen molar-refractivity contribution in [3.8, 4) is 0 Å². The number of hydrogen-bond acceptors (Lipinski definition) is 3. The number of likely N-dealkylation sites (tertiary alicyclic amines) is 1. The molecule has 1 amide bonds. The van der Waals surface area contributed by atoms with Crippen LogP contribution in [0.3, 0.4) is 0 Å². The minimum atomic E-state index is -0.403. The van der Waals surface area contributed by atoms with Gasteiger partial charge in [0.15, 0.2) is 0 Å². The van der Waals surface area contributed by atoms with E-state index in [1.54, 1.807) is 11.9 Å². The van der Waals surface area contributed by atoms with Gasteiger partial charge in [0.1, 0.15) is 5.82 Å². The van der Waals surface area contributed by atoms with Crippen LogP contribution < -0.4 is 0 Å². The Morgan fingerprint density at radius 2 is 2.32 bits per heavy atom. The molecule has 0 aromatic heterocycles. The number of nitrogens with zero attached hydrogens (tertiary/aromatic N) is 2. The van der Waals surface area contributed by atoms with Gasteiger partial charge in [0.05, 0.1) is 0 Å². The van der Waals surface area contributed by atoms with E-state index in [2.05, 4.69) is 24.6 Å². The highest BCUT2D eigenvalue weighted by molar-refractivity contribution is 7.80. The van der Waals surface area contributed by atoms with E-state index in [1.165, 1.54) is 18.2 Å². The van der Waals surface area contributed by atoms with E-state index in [1.807, 2.05) is 0 Å². The first-order chi connectivity index (χ1) is 8.97. The van der Waals surface area contributed by atoms with E-state index in [0.717, 1.165) is 26.1 Å². The zero-order valence-corrected chi connectivity index (χ0v) is 12.2. The van der Waals surface area contributed by atoms with Crippen LogP contribution in [0.1, 0.15) is 16.8 Å². The number of amides is 1. The molecule has 3 nitrogen and oxygen atoms in total. The van der Waals surface area contributed by atoms with Crippen LogP contribution in [0.15, 0.2) is 23.1 Å². The van der Waals surface area contributed by atoms with Gasteiger partial charge in [-0.2, -0.15) is 0 Å². The topological polar surface area (TPSA) is 23.6 Å². The molecule has 1 atom stereocenters. The second-order valence-electron chi connectivity index (χ2n) is 5.27. The minimum Gasteiger partial charge on any atom is -0.341 e. The number of carbonyl (C=O) groups is 1. The molecule has 1 unspecified atom stereocenters. The maximum Gasteiger partial charge on any atom is 0.253 e. The van der Waals surface area contributed by atoms with Crippen molar-refractivity contribution in [2.75, 3.05) is 33.7 Å². The molecule has 5 heteroatoms. The summed E-state index contributed by atoms with van der Waals surface area (Å²) in [6, 6.07) is 4.28. The van der Waals surface area contributed by atoms with E-state index < -0.39 is 5.82 Å². The molecule has 19 heavy (non-hydrogen) atoms. The molecule has 0 bridgehead atoms. The van der Waals surface area contributed by atoms with Gasteiger partial charge in [-0.1, -0.05) is 0 Å². The summed E-state index contributed by atoms with van der Waals surface area (Å²) in [4.78, 5) is 16.4. The van der Waals surface area contributed by atoms with Crippen LogP contribution in [0.5, 0.6) is 0 Å². The third-order valence-electron chi connectivity index (χ3n) is 3.56. The SMILES string of the molecule is CN1CCC(CN(C)C(=O)c2ccc(F)c(S)c2)C1. The second kappa shape index (κ2) is 5.92. The first-order valence-corrected chi connectivity index (χ1v) is 6.84. The summed E-state index contributed by atoms with van der Waals surface area (Å²) in [6.45, 7) is 2.85. The zero-order valence-electron chi connectivity index (χ0n) is 11.3. The van der Waals surface area contributed by atoms with Gasteiger partial charge in [-0.15, -0.1) is 12.6 Å². The molecule has 2 rings (SSSR count). The highest BCUT2D eigenvalue weighted by atomic mass is 32.1. The van der Waals surface area contributed by atoms with E-state index >= 15 is 0 Å². The minimum absolute atomic E-state index is 0.0788. The Kier molecular flexibility index (Phi) is 4.47. The summed E-state index contributed by atoms with van der Waals surface area (Å²) in [5.74, 6) is 0.0414. The molecular formula is C14H19FN2OS. The highest BCUT2D eigenvalue weighted by Crippen LogP contribution is 2.18. The third-order valence-corrected chi connectivity index (χ3v) is 3.90. The zero-order chi connectivity index (χ0) is 14.0. The normalized spacial score (nSPS) is 19.7. The molecule has 1 aromatic rings. The van der Waals surface area contributed by atoms with E-state index in [-0.39, 0.29) is 10.8 Å². The number of halogens is 1. The fraction of sp³-hybridized carbons (Fsp3) is 0.500. The predicted octanol–water partition coefficient (Wildman–Crippen LogP) is 2.14. The lowest BCUT2D eigenvalue weighted by Crippen LogP contribution is -2.32. The summed E-state index contributed by atoms with van der Waals surface area (Å²) in [5, 5.41) is 0. The molecule has 1 fully saturated rings. The fourth-order valence-corrected chi connectivity index (χ4v) is 2.73. The number of carbonyl (C=O) groups excluding carboxylic acids is 1. The molecular weight excluding hydrogens is 263 g/mol. The Bertz CT molecular complexity index is 481. The van der Waals surface area contributed by atoms with Crippen molar-refractivity contribution in [1.82, 2.24) is 9.80 Å². The maximum atomic E-state index is 13.1. The van der Waals surface area contributed by atoms with E-state index in [4.69, 9.17) is 0 Å². The van der Waals surface area contributed by atoms with Gasteiger partial charge < -0.3 is 9.80 Å². The van der Waals surface area contributed by atoms with Crippen molar-refractivity contribution in [2.24, 2.45) is 5.92 Å². The first kappa shape index (κ1) is 14.3. The van der Waals surface area contributed by atoms with Gasteiger partial charge in [-0.25, -0.2) is 4.39 Å². The smallest absolute Gasteiger partial charge is 0.253 e. The number of benzene rings is 1. The first-order valence-electron chi connectivity index (χ1n) is 6.40. The summed E-state index contributed by atoms with van der Waals surface area (Å²) in [6.07, 6.45) is 1.12. The molecule has 1 heterocycles. The van der Waals surface area contributed by atoms with Crippen molar-refractivity contribution in [3.63, 3.8) is 0 Å². The van der Waals surface area contributed by atoms with E-state index in [9.17, 15) is 9.18 Å². The van der Waals surface area contributed by atoms with Gasteiger partial charge >= 0.3 is 0 Å². The van der Waals surface area contributed by atoms with Crippen molar-refractivity contribution in [1.29, 1.82) is 0 Å². The average molecular weight is 282 g/mol. The number of hydrogen-bond donors (Lipinski definition) is 1. The Balaban J connectivity index is 2.00. The average Bonchev–Trinajstić information content (AvgIpc) is 2.77. The fourth-order valence-electron chi connectivity index (χ4n) is 2.51. The van der Waals surface area contributed by atoms with Gasteiger partial charge in [0.25, 0.3) is 5.91 Å². The molecule has 0 radical (unpaired) electrons. The van der Waals surface area contributed by atoms with Crippen molar-refractivity contribution < 1.29 is 9.18 Å². The second-order valence-corrected chi connectivity index (χ2v) is 5.75. The highest BCUT2D eigenvalue weighted by Gasteiger charge is 2.23. The largest absolute Gasteiger partial charge is 0.341 e. The third kappa shape index (κ3) is 3.48. The Labute approximate surface area is 118 Å². The van der Waals surface area contributed by atoms with Crippen LogP contribution in [-0.2, 0) is 0 Å². The van der Waals surface area contributed by atoms with Crippen LogP contribution in [-0.4, -0.2) is 49.4 Å². The molecule has 1 aliphatic rings. The van der Waals surface area contributed by atoms with Crippen molar-refractivity contribution >= 4 is 18.5 Å². The quantitative estimate of drug-likeness (QED) is 0.859. The Hall–Kier alpha value is -1.07. The lowest BCUT2D eigenvalue weighted by atomic mass is 10.1. The van der Waals surface area contributed by atoms with Crippen LogP contribution in [0.2, 0.25) is 0 Å². The Morgan fingerprint density at radius 3 is 2.89 bits per heavy atom. The molecule has 0 aliphatic carbocycles. The van der Waals surface area contributed by atoms with Crippen LogP contribution in [0, 0.1) is 11.7 Å². The van der Waals surface area contributed by atoms with Crippen LogP contribution in [0.25, 0.3) is 0 Å². The number of thiol groups is 1. The molecule has 1 aromatic carbocycles. The van der Waals surface area contributed by atoms with E-state index in [0.29, 0.717) is 11.5 Å². The summed E-state index contributed by atoms with van der Waals surface area (Å²) in [5.41, 5.74) is 0.486. The van der Waals surface area contributed by atoms with Crippen molar-refractivity contribution in [3.05, 3.63) is 29.6 Å². The van der Waals surface area contributed by atoms with Gasteiger partial charge in [0.2, 0.25) is 0 Å². The predicted molar refractivity (Wildman–Crippen MR) is 76.2 cm³/mol. The molecule has 1 aliphatic heterocycles. The monoisotopic (exact) mass is 282 g/mol. The summed E-state index contributed by atoms with van der Waals surface area (Å²) in [7, 11) is 3.89. The molecule has 1 saturated heterocycles. The lowest BCUT2D eigenvalue weighted by Gasteiger charge is -2.21. The van der Waals surface area contributed by atoms with Crippen LogP contribution in [0.4, 0.5) is 4.39 Å². The maximum absolute atomic E-state index is 13.1. The van der Waals surface area contributed by atoms with Gasteiger partial charge in [-0.3, -0.25) is 4.79 Å². The summed E-state index contributed by atoms with van der Waals surface area (Å²) < 4.78 is 13.1. The van der Waals surface area contributed by atoms with Gasteiger partial charge in [-0.05, 0) is 44.1 Å².